The first-order valence-electron chi connectivity index (χ1n) is 6.93. The van der Waals surface area contributed by atoms with Crippen LogP contribution in [-0.2, 0) is 0 Å². The fourth-order valence-electron chi connectivity index (χ4n) is 2.61. The lowest BCUT2D eigenvalue weighted by Gasteiger charge is -2.35. The number of carbonyl (C=O) groups is 1. The largest absolute Gasteiger partial charge is 0.322 e. The number of benzene rings is 1. The number of carbonyl (C=O) groups excluding carboxylic acids is 1. The van der Waals surface area contributed by atoms with Crippen LogP contribution in [0.25, 0.3) is 0 Å². The van der Waals surface area contributed by atoms with Crippen molar-refractivity contribution < 1.29 is 4.79 Å². The zero-order valence-electron chi connectivity index (χ0n) is 11.2. The van der Waals surface area contributed by atoms with Crippen molar-refractivity contribution >= 4 is 23.5 Å². The third-order valence-electron chi connectivity index (χ3n) is 3.84. The summed E-state index contributed by atoms with van der Waals surface area (Å²) in [5.74, 6) is 2.75. The summed E-state index contributed by atoms with van der Waals surface area (Å²) in [6.45, 7) is 0.815. The highest BCUT2D eigenvalue weighted by Gasteiger charge is 2.38. The topological polar surface area (TPSA) is 56.1 Å². The molecule has 20 heavy (non-hydrogen) atoms. The molecule has 1 aromatic carbocycles. The van der Waals surface area contributed by atoms with Crippen molar-refractivity contribution in [1.29, 1.82) is 5.26 Å². The SMILES string of the molecule is N#Cc1cccc(NC(=O)N2CCSCC2C2CC2)c1. The summed E-state index contributed by atoms with van der Waals surface area (Å²) in [5, 5.41) is 11.8. The van der Waals surface area contributed by atoms with E-state index in [1.165, 1.54) is 12.8 Å². The summed E-state index contributed by atoms with van der Waals surface area (Å²) in [6, 6.07) is 9.50. The number of rotatable bonds is 2. The lowest BCUT2D eigenvalue weighted by molar-refractivity contribution is 0.188. The van der Waals surface area contributed by atoms with Gasteiger partial charge in [0.25, 0.3) is 0 Å². The van der Waals surface area contributed by atoms with Crippen molar-refractivity contribution in [2.45, 2.75) is 18.9 Å². The van der Waals surface area contributed by atoms with Crippen molar-refractivity contribution in [3.8, 4) is 6.07 Å². The maximum Gasteiger partial charge on any atom is 0.322 e. The number of nitriles is 1. The summed E-state index contributed by atoms with van der Waals surface area (Å²) in [5.41, 5.74) is 1.26. The van der Waals surface area contributed by atoms with Gasteiger partial charge in [0, 0.05) is 29.8 Å². The molecule has 1 aliphatic heterocycles. The number of thioether (sulfide) groups is 1. The Balaban J connectivity index is 1.69. The minimum Gasteiger partial charge on any atom is -0.320 e. The fraction of sp³-hybridized carbons (Fsp3) is 0.467. The van der Waals surface area contributed by atoms with E-state index in [1.54, 1.807) is 18.2 Å². The van der Waals surface area contributed by atoms with Gasteiger partial charge in [-0.15, -0.1) is 0 Å². The maximum atomic E-state index is 12.4. The highest BCUT2D eigenvalue weighted by Crippen LogP contribution is 2.38. The molecule has 0 bridgehead atoms. The van der Waals surface area contributed by atoms with Crippen LogP contribution in [0.15, 0.2) is 24.3 Å². The van der Waals surface area contributed by atoms with Crippen LogP contribution in [0.4, 0.5) is 10.5 Å². The van der Waals surface area contributed by atoms with E-state index in [1.807, 2.05) is 22.7 Å². The number of nitrogens with zero attached hydrogens (tertiary/aromatic N) is 2. The second-order valence-electron chi connectivity index (χ2n) is 5.30. The van der Waals surface area contributed by atoms with E-state index in [-0.39, 0.29) is 6.03 Å². The van der Waals surface area contributed by atoms with E-state index in [2.05, 4.69) is 11.4 Å². The number of hydrogen-bond acceptors (Lipinski definition) is 3. The zero-order chi connectivity index (χ0) is 13.9. The van der Waals surface area contributed by atoms with Crippen molar-refractivity contribution in [3.05, 3.63) is 29.8 Å². The molecule has 104 valence electrons. The number of anilines is 1. The number of amides is 2. The van der Waals surface area contributed by atoms with Gasteiger partial charge < -0.3 is 10.2 Å². The summed E-state index contributed by atoms with van der Waals surface area (Å²) in [7, 11) is 0. The van der Waals surface area contributed by atoms with Gasteiger partial charge in [-0.3, -0.25) is 0 Å². The van der Waals surface area contributed by atoms with Crippen LogP contribution < -0.4 is 5.32 Å². The predicted octanol–water partition coefficient (Wildman–Crippen LogP) is 2.92. The molecule has 1 heterocycles. The Labute approximate surface area is 123 Å². The molecule has 1 aliphatic carbocycles. The Morgan fingerprint density at radius 2 is 2.30 bits per heavy atom. The molecule has 0 aromatic heterocycles. The monoisotopic (exact) mass is 287 g/mol. The van der Waals surface area contributed by atoms with Crippen LogP contribution in [0, 0.1) is 17.2 Å². The zero-order valence-corrected chi connectivity index (χ0v) is 12.0. The van der Waals surface area contributed by atoms with E-state index in [0.717, 1.165) is 18.1 Å². The molecule has 3 rings (SSSR count). The Morgan fingerprint density at radius 3 is 3.05 bits per heavy atom. The van der Waals surface area contributed by atoms with Gasteiger partial charge in [0.05, 0.1) is 11.6 Å². The Bertz CT molecular complexity index is 550. The van der Waals surface area contributed by atoms with Crippen molar-refractivity contribution in [2.75, 3.05) is 23.4 Å². The first kappa shape index (κ1) is 13.3. The molecular weight excluding hydrogens is 270 g/mol. The second kappa shape index (κ2) is 5.76. The lowest BCUT2D eigenvalue weighted by atomic mass is 10.2. The van der Waals surface area contributed by atoms with Gasteiger partial charge in [-0.25, -0.2) is 4.79 Å². The van der Waals surface area contributed by atoms with E-state index < -0.39 is 0 Å². The van der Waals surface area contributed by atoms with Crippen molar-refractivity contribution in [1.82, 2.24) is 4.90 Å². The minimum absolute atomic E-state index is 0.0303. The molecule has 2 aliphatic rings. The first-order valence-corrected chi connectivity index (χ1v) is 8.09. The lowest BCUT2D eigenvalue weighted by Crippen LogP contribution is -2.49. The molecule has 4 nitrogen and oxygen atoms in total. The molecule has 1 unspecified atom stereocenters. The third kappa shape index (κ3) is 2.91. The van der Waals surface area contributed by atoms with Crippen LogP contribution in [0.2, 0.25) is 0 Å². The Kier molecular flexibility index (Phi) is 3.83. The average Bonchev–Trinajstić information content (AvgIpc) is 3.32. The normalized spacial score (nSPS) is 22.1. The molecule has 0 radical (unpaired) electrons. The fourth-order valence-corrected chi connectivity index (χ4v) is 3.79. The van der Waals surface area contributed by atoms with Crippen LogP contribution in [0.5, 0.6) is 0 Å². The van der Waals surface area contributed by atoms with E-state index in [9.17, 15) is 4.79 Å². The number of urea groups is 1. The molecule has 2 fully saturated rings. The van der Waals surface area contributed by atoms with Gasteiger partial charge in [-0.2, -0.15) is 17.0 Å². The quantitative estimate of drug-likeness (QED) is 0.910. The number of hydrogen-bond donors (Lipinski definition) is 1. The van der Waals surface area contributed by atoms with Crippen LogP contribution in [0.3, 0.4) is 0 Å². The number of nitrogens with one attached hydrogen (secondary N) is 1. The molecule has 1 saturated heterocycles. The molecule has 1 N–H and O–H groups in total. The first-order chi connectivity index (χ1) is 9.78. The summed E-state index contributed by atoms with van der Waals surface area (Å²) in [4.78, 5) is 14.4. The highest BCUT2D eigenvalue weighted by atomic mass is 32.2. The standard InChI is InChI=1S/C15H17N3OS/c16-9-11-2-1-3-13(8-11)17-15(19)18-6-7-20-10-14(18)12-4-5-12/h1-3,8,12,14H,4-7,10H2,(H,17,19). The summed E-state index contributed by atoms with van der Waals surface area (Å²) in [6.07, 6.45) is 2.50. The predicted molar refractivity (Wildman–Crippen MR) is 80.7 cm³/mol. The smallest absolute Gasteiger partial charge is 0.320 e. The second-order valence-corrected chi connectivity index (χ2v) is 6.45. The van der Waals surface area contributed by atoms with Gasteiger partial charge in [-0.1, -0.05) is 6.07 Å². The average molecular weight is 287 g/mol. The van der Waals surface area contributed by atoms with Gasteiger partial charge in [0.2, 0.25) is 0 Å². The molecular formula is C15H17N3OS. The van der Waals surface area contributed by atoms with Gasteiger partial charge in [-0.05, 0) is 37.0 Å². The molecule has 1 saturated carbocycles. The molecule has 1 atom stereocenters. The molecule has 2 amide bonds. The van der Waals surface area contributed by atoms with Gasteiger partial charge >= 0.3 is 6.03 Å². The maximum absolute atomic E-state index is 12.4. The van der Waals surface area contributed by atoms with Crippen molar-refractivity contribution in [3.63, 3.8) is 0 Å². The Hall–Kier alpha value is -1.67. The van der Waals surface area contributed by atoms with Crippen LogP contribution >= 0.6 is 11.8 Å². The van der Waals surface area contributed by atoms with E-state index in [4.69, 9.17) is 5.26 Å². The summed E-state index contributed by atoms with van der Waals surface area (Å²) >= 11 is 1.94. The Morgan fingerprint density at radius 1 is 1.45 bits per heavy atom. The summed E-state index contributed by atoms with van der Waals surface area (Å²) < 4.78 is 0. The molecule has 1 aromatic rings. The molecule has 5 heteroatoms. The third-order valence-corrected chi connectivity index (χ3v) is 4.88. The van der Waals surface area contributed by atoms with E-state index >= 15 is 0 Å². The van der Waals surface area contributed by atoms with Gasteiger partial charge in [0.15, 0.2) is 0 Å². The van der Waals surface area contributed by atoms with Crippen LogP contribution in [0.1, 0.15) is 18.4 Å². The van der Waals surface area contributed by atoms with Gasteiger partial charge in [0.1, 0.15) is 0 Å². The van der Waals surface area contributed by atoms with E-state index in [0.29, 0.717) is 23.2 Å². The molecule has 0 spiro atoms. The van der Waals surface area contributed by atoms with Crippen LogP contribution in [-0.4, -0.2) is 35.0 Å². The highest BCUT2D eigenvalue weighted by molar-refractivity contribution is 7.99. The van der Waals surface area contributed by atoms with Crippen molar-refractivity contribution in [2.24, 2.45) is 5.92 Å². The minimum atomic E-state index is -0.0303.